The van der Waals surface area contributed by atoms with Crippen molar-refractivity contribution in [3.63, 3.8) is 0 Å². The first-order chi connectivity index (χ1) is 11.2. The van der Waals surface area contributed by atoms with Gasteiger partial charge in [-0.25, -0.2) is 0 Å². The first kappa shape index (κ1) is 19.1. The van der Waals surface area contributed by atoms with Crippen LogP contribution in [0.5, 0.6) is 0 Å². The lowest BCUT2D eigenvalue weighted by Gasteiger charge is -2.26. The molecule has 1 fully saturated rings. The molecule has 2 aromatic rings. The van der Waals surface area contributed by atoms with E-state index in [0.29, 0.717) is 0 Å². The number of halogens is 3. The van der Waals surface area contributed by atoms with Crippen LogP contribution in [0, 0.1) is 0 Å². The molecule has 1 heterocycles. The van der Waals surface area contributed by atoms with Crippen molar-refractivity contribution in [2.75, 3.05) is 26.3 Å². The zero-order chi connectivity index (χ0) is 16.5. The Kier molecular flexibility index (Phi) is 8.83. The van der Waals surface area contributed by atoms with Crippen LogP contribution in [0.25, 0.3) is 0 Å². The lowest BCUT2D eigenvalue weighted by Crippen LogP contribution is -2.35. The molecule has 3 rings (SSSR count). The average molecular weight is 506 g/mol. The molecule has 0 atom stereocenters. The van der Waals surface area contributed by atoms with Gasteiger partial charge in [-0.3, -0.25) is 4.90 Å². The maximum Gasteiger partial charge on any atom is 0.0594 e. The molecule has 0 bridgehead atoms. The lowest BCUT2D eigenvalue weighted by atomic mass is 10.2. The van der Waals surface area contributed by atoms with Gasteiger partial charge in [-0.1, -0.05) is 72.1 Å². The monoisotopic (exact) mass is 503 g/mol. The number of hydrogen-bond donors (Lipinski definition) is 0. The minimum Gasteiger partial charge on any atom is -0.379 e. The van der Waals surface area contributed by atoms with Crippen molar-refractivity contribution < 1.29 is 4.74 Å². The van der Waals surface area contributed by atoms with Gasteiger partial charge >= 0.3 is 0 Å². The standard InChI is InChI=1S/C11H14BrNO.C7H6Br2/c12-11-3-1-2-10(8-11)9-13-4-6-14-7-5-13;8-5-6-2-1-3-7(9)4-6/h1-3,8H,4-7,9H2;1-4H,5H2. The zero-order valence-electron chi connectivity index (χ0n) is 12.9. The van der Waals surface area contributed by atoms with Crippen molar-refractivity contribution in [3.05, 3.63) is 68.6 Å². The average Bonchev–Trinajstić information content (AvgIpc) is 2.56. The summed E-state index contributed by atoms with van der Waals surface area (Å²) in [5.41, 5.74) is 2.66. The predicted octanol–water partition coefficient (Wildman–Crippen LogP) is 5.63. The molecule has 0 radical (unpaired) electrons. The van der Waals surface area contributed by atoms with E-state index in [2.05, 4.69) is 89.1 Å². The Hall–Kier alpha value is -0.200. The van der Waals surface area contributed by atoms with Crippen molar-refractivity contribution >= 4 is 47.8 Å². The Labute approximate surface area is 163 Å². The van der Waals surface area contributed by atoms with Gasteiger partial charge in [-0.2, -0.15) is 0 Å². The molecule has 1 aliphatic rings. The minimum atomic E-state index is 0.869. The normalized spacial score (nSPS) is 14.9. The first-order valence-electron chi connectivity index (χ1n) is 7.52. The van der Waals surface area contributed by atoms with Gasteiger partial charge in [0, 0.05) is 33.9 Å². The molecule has 0 amide bonds. The summed E-state index contributed by atoms with van der Waals surface area (Å²) in [5.74, 6) is 0. The SMILES string of the molecule is BrCc1cccc(Br)c1.Brc1cccc(CN2CCOCC2)c1. The fourth-order valence-electron chi connectivity index (χ4n) is 2.27. The van der Waals surface area contributed by atoms with Crippen LogP contribution < -0.4 is 0 Å². The summed E-state index contributed by atoms with van der Waals surface area (Å²) in [5, 5.41) is 0.923. The van der Waals surface area contributed by atoms with Crippen molar-refractivity contribution in [2.45, 2.75) is 11.9 Å². The summed E-state index contributed by atoms with van der Waals surface area (Å²) >= 11 is 10.2. The molecule has 0 unspecified atom stereocenters. The number of hydrogen-bond acceptors (Lipinski definition) is 2. The van der Waals surface area contributed by atoms with Gasteiger partial charge in [0.05, 0.1) is 13.2 Å². The van der Waals surface area contributed by atoms with E-state index in [1.807, 2.05) is 12.1 Å². The molecule has 0 N–H and O–H groups in total. The topological polar surface area (TPSA) is 12.5 Å². The lowest BCUT2D eigenvalue weighted by molar-refractivity contribution is 0.0342. The summed E-state index contributed by atoms with van der Waals surface area (Å²) in [6, 6.07) is 16.7. The summed E-state index contributed by atoms with van der Waals surface area (Å²) in [6.07, 6.45) is 0. The summed E-state index contributed by atoms with van der Waals surface area (Å²) in [7, 11) is 0. The van der Waals surface area contributed by atoms with Crippen LogP contribution in [0.15, 0.2) is 57.5 Å². The van der Waals surface area contributed by atoms with Crippen LogP contribution >= 0.6 is 47.8 Å². The number of alkyl halides is 1. The Morgan fingerprint density at radius 3 is 1.96 bits per heavy atom. The third kappa shape index (κ3) is 7.48. The van der Waals surface area contributed by atoms with E-state index in [-0.39, 0.29) is 0 Å². The fraction of sp³-hybridized carbons (Fsp3) is 0.333. The Bertz CT molecular complexity index is 600. The highest BCUT2D eigenvalue weighted by molar-refractivity contribution is 9.10. The zero-order valence-corrected chi connectivity index (χ0v) is 17.6. The summed E-state index contributed by atoms with van der Waals surface area (Å²) < 4.78 is 7.60. The van der Waals surface area contributed by atoms with E-state index < -0.39 is 0 Å². The van der Waals surface area contributed by atoms with E-state index in [1.165, 1.54) is 11.1 Å². The third-order valence-electron chi connectivity index (χ3n) is 3.44. The van der Waals surface area contributed by atoms with Gasteiger partial charge in [0.15, 0.2) is 0 Å². The molecule has 0 saturated carbocycles. The molecule has 124 valence electrons. The highest BCUT2D eigenvalue weighted by Gasteiger charge is 2.10. The number of nitrogens with zero attached hydrogens (tertiary/aromatic N) is 1. The number of rotatable bonds is 3. The number of ether oxygens (including phenoxy) is 1. The second-order valence-electron chi connectivity index (χ2n) is 5.28. The fourth-order valence-corrected chi connectivity index (χ4v) is 3.51. The van der Waals surface area contributed by atoms with Crippen molar-refractivity contribution in [2.24, 2.45) is 0 Å². The van der Waals surface area contributed by atoms with Crippen molar-refractivity contribution in [3.8, 4) is 0 Å². The molecule has 0 spiro atoms. The van der Waals surface area contributed by atoms with E-state index in [9.17, 15) is 0 Å². The largest absolute Gasteiger partial charge is 0.379 e. The van der Waals surface area contributed by atoms with E-state index in [0.717, 1.165) is 47.1 Å². The molecule has 5 heteroatoms. The van der Waals surface area contributed by atoms with Gasteiger partial charge in [0.25, 0.3) is 0 Å². The highest BCUT2D eigenvalue weighted by atomic mass is 79.9. The Morgan fingerprint density at radius 1 is 0.870 bits per heavy atom. The molecule has 2 nitrogen and oxygen atoms in total. The summed E-state index contributed by atoms with van der Waals surface area (Å²) in [6.45, 7) is 4.86. The summed E-state index contributed by atoms with van der Waals surface area (Å²) in [4.78, 5) is 2.42. The predicted molar refractivity (Wildman–Crippen MR) is 107 cm³/mol. The number of benzene rings is 2. The molecule has 2 aromatic carbocycles. The maximum atomic E-state index is 5.31. The Balaban J connectivity index is 0.000000185. The van der Waals surface area contributed by atoms with E-state index in [4.69, 9.17) is 4.74 Å². The maximum absolute atomic E-state index is 5.31. The molecule has 1 aliphatic heterocycles. The molecule has 0 aromatic heterocycles. The quantitative estimate of drug-likeness (QED) is 0.502. The van der Waals surface area contributed by atoms with Crippen LogP contribution in [0.4, 0.5) is 0 Å². The van der Waals surface area contributed by atoms with Crippen molar-refractivity contribution in [1.82, 2.24) is 4.90 Å². The van der Waals surface area contributed by atoms with Gasteiger partial charge in [-0.05, 0) is 35.4 Å². The van der Waals surface area contributed by atoms with Crippen LogP contribution in [0.1, 0.15) is 11.1 Å². The first-order valence-corrected chi connectivity index (χ1v) is 10.2. The molecular weight excluding hydrogens is 486 g/mol. The molecular formula is C18H20Br3NO. The smallest absolute Gasteiger partial charge is 0.0594 e. The third-order valence-corrected chi connectivity index (χ3v) is 5.08. The van der Waals surface area contributed by atoms with Crippen LogP contribution in [-0.2, 0) is 16.6 Å². The second-order valence-corrected chi connectivity index (χ2v) is 7.67. The van der Waals surface area contributed by atoms with Crippen LogP contribution in [0.2, 0.25) is 0 Å². The van der Waals surface area contributed by atoms with Gasteiger partial charge in [0.2, 0.25) is 0 Å². The Morgan fingerprint density at radius 2 is 1.43 bits per heavy atom. The van der Waals surface area contributed by atoms with Gasteiger partial charge < -0.3 is 4.74 Å². The molecule has 1 saturated heterocycles. The van der Waals surface area contributed by atoms with Crippen molar-refractivity contribution in [1.29, 1.82) is 0 Å². The molecule has 23 heavy (non-hydrogen) atoms. The van der Waals surface area contributed by atoms with E-state index >= 15 is 0 Å². The molecule has 0 aliphatic carbocycles. The van der Waals surface area contributed by atoms with Gasteiger partial charge in [0.1, 0.15) is 0 Å². The van der Waals surface area contributed by atoms with Crippen LogP contribution in [0.3, 0.4) is 0 Å². The van der Waals surface area contributed by atoms with Gasteiger partial charge in [-0.15, -0.1) is 0 Å². The number of morpholine rings is 1. The second kappa shape index (κ2) is 10.6. The van der Waals surface area contributed by atoms with Crippen LogP contribution in [-0.4, -0.2) is 31.2 Å². The highest BCUT2D eigenvalue weighted by Crippen LogP contribution is 2.14. The van der Waals surface area contributed by atoms with E-state index in [1.54, 1.807) is 0 Å². The minimum absolute atomic E-state index is 0.869.